The molecule has 3 aromatic rings. The second kappa shape index (κ2) is 11.6. The van der Waals surface area contributed by atoms with Gasteiger partial charge in [0.2, 0.25) is 5.95 Å². The maximum atomic E-state index is 12.7. The van der Waals surface area contributed by atoms with Crippen LogP contribution in [0.2, 0.25) is 10.0 Å². The molecule has 1 unspecified atom stereocenters. The predicted molar refractivity (Wildman–Crippen MR) is 137 cm³/mol. The molecule has 182 valence electrons. The van der Waals surface area contributed by atoms with Crippen molar-refractivity contribution < 1.29 is 9.90 Å². The van der Waals surface area contributed by atoms with E-state index in [1.54, 1.807) is 37.3 Å². The molecular formula is C22H25Cl3N6O2S. The lowest BCUT2D eigenvalue weighted by Gasteiger charge is -2.14. The Morgan fingerprint density at radius 2 is 1.97 bits per heavy atom. The smallest absolute Gasteiger partial charge is 0.251 e. The number of rotatable bonds is 7. The summed E-state index contributed by atoms with van der Waals surface area (Å²) in [6.07, 6.45) is 5.83. The normalized spacial score (nSPS) is 14.6. The third-order valence-corrected chi connectivity index (χ3v) is 6.37. The maximum absolute atomic E-state index is 12.7. The van der Waals surface area contributed by atoms with Gasteiger partial charge >= 0.3 is 0 Å². The van der Waals surface area contributed by atoms with E-state index in [2.05, 4.69) is 32.6 Å². The van der Waals surface area contributed by atoms with Crippen LogP contribution in [0.25, 0.3) is 5.82 Å². The highest BCUT2D eigenvalue weighted by molar-refractivity contribution is 7.98. The number of nitrogens with one attached hydrogen (secondary N) is 2. The number of anilines is 1. The van der Waals surface area contributed by atoms with Gasteiger partial charge in [0.15, 0.2) is 11.6 Å². The van der Waals surface area contributed by atoms with Gasteiger partial charge in [-0.25, -0.2) is 4.98 Å². The highest BCUT2D eigenvalue weighted by Crippen LogP contribution is 2.41. The zero-order valence-electron chi connectivity index (χ0n) is 18.8. The summed E-state index contributed by atoms with van der Waals surface area (Å²) in [5.74, 6) is 0.797. The summed E-state index contributed by atoms with van der Waals surface area (Å²) < 4.78 is 1.48. The van der Waals surface area contributed by atoms with Gasteiger partial charge in [-0.05, 0) is 63.3 Å². The molecule has 4 rings (SSSR count). The summed E-state index contributed by atoms with van der Waals surface area (Å²) >= 11 is 19.2. The first-order chi connectivity index (χ1) is 16.1. The molecule has 1 atom stereocenters. The van der Waals surface area contributed by atoms with Crippen molar-refractivity contribution in [1.82, 2.24) is 25.1 Å². The maximum Gasteiger partial charge on any atom is 0.251 e. The number of aromatic nitrogens is 4. The van der Waals surface area contributed by atoms with Crippen molar-refractivity contribution >= 4 is 58.4 Å². The molecule has 1 aliphatic rings. The van der Waals surface area contributed by atoms with Crippen molar-refractivity contribution in [3.8, 4) is 5.82 Å². The minimum atomic E-state index is -0.515. The van der Waals surface area contributed by atoms with E-state index >= 15 is 0 Å². The Bertz CT molecular complexity index is 1130. The second-order valence-electron chi connectivity index (χ2n) is 7.86. The van der Waals surface area contributed by atoms with Gasteiger partial charge in [0.25, 0.3) is 5.91 Å². The first-order valence-electron chi connectivity index (χ1n) is 10.4. The third-order valence-electron chi connectivity index (χ3n) is 4.84. The van der Waals surface area contributed by atoms with E-state index in [1.165, 1.54) is 35.5 Å². The van der Waals surface area contributed by atoms with Gasteiger partial charge in [-0.3, -0.25) is 4.79 Å². The van der Waals surface area contributed by atoms with Crippen LogP contribution in [0.3, 0.4) is 0 Å². The van der Waals surface area contributed by atoms with Crippen molar-refractivity contribution in [2.75, 3.05) is 18.3 Å². The number of pyridine rings is 1. The Morgan fingerprint density at radius 1 is 1.26 bits per heavy atom. The average molecular weight is 544 g/mol. The average Bonchev–Trinajstić information content (AvgIpc) is 3.33. The lowest BCUT2D eigenvalue weighted by atomic mass is 10.2. The van der Waals surface area contributed by atoms with Crippen LogP contribution in [0.15, 0.2) is 41.4 Å². The van der Waals surface area contributed by atoms with E-state index in [4.69, 9.17) is 39.9 Å². The summed E-state index contributed by atoms with van der Waals surface area (Å²) in [5, 5.41) is 19.9. The number of carbonyl (C=O) groups is 1. The highest BCUT2D eigenvalue weighted by atomic mass is 35.5. The van der Waals surface area contributed by atoms with Gasteiger partial charge in [-0.2, -0.15) is 9.67 Å². The molecule has 0 saturated heterocycles. The summed E-state index contributed by atoms with van der Waals surface area (Å²) in [5.41, 5.74) is 0.443. The van der Waals surface area contributed by atoms with E-state index < -0.39 is 6.04 Å². The summed E-state index contributed by atoms with van der Waals surface area (Å²) in [6.45, 7) is 3.50. The fourth-order valence-corrected chi connectivity index (χ4v) is 3.74. The van der Waals surface area contributed by atoms with E-state index in [0.29, 0.717) is 27.3 Å². The first-order valence-corrected chi connectivity index (χ1v) is 12.8. The Labute approximate surface area is 217 Å². The van der Waals surface area contributed by atoms with Gasteiger partial charge in [-0.15, -0.1) is 28.5 Å². The van der Waals surface area contributed by atoms with Gasteiger partial charge in [-0.1, -0.05) is 23.2 Å². The fraction of sp³-hybridized carbons (Fsp3) is 0.364. The van der Waals surface area contributed by atoms with E-state index in [-0.39, 0.29) is 23.5 Å². The zero-order valence-corrected chi connectivity index (χ0v) is 21.9. The standard InChI is InChI=1S/C18H18Cl2N6O2S.C4H7Cl/c1-10(23-17(28)11-5-13(20)7-14(6-11)29-2)16-24-18(22-9-27)25-26(16)15-4-3-12(19)8-21-15;1-4(5)2-3-4/h3-8,10,27H,9H2,1-2H3,(H,22,25)(H,23,28);2-3H2,1H3. The second-order valence-corrected chi connectivity index (χ2v) is 10.5. The number of aliphatic hydroxyl groups is 1. The molecule has 2 aromatic heterocycles. The number of nitrogens with zero attached hydrogens (tertiary/aromatic N) is 4. The number of thioether (sulfide) groups is 1. The lowest BCUT2D eigenvalue weighted by molar-refractivity contribution is 0.0937. The van der Waals surface area contributed by atoms with Gasteiger partial charge in [0, 0.05) is 26.6 Å². The number of carbonyl (C=O) groups excluding carboxylic acids is 1. The number of hydrogen-bond acceptors (Lipinski definition) is 7. The largest absolute Gasteiger partial charge is 0.376 e. The van der Waals surface area contributed by atoms with Crippen LogP contribution in [0.4, 0.5) is 5.95 Å². The Kier molecular flexibility index (Phi) is 9.06. The fourth-order valence-electron chi connectivity index (χ4n) is 2.74. The minimum Gasteiger partial charge on any atom is -0.376 e. The summed E-state index contributed by atoms with van der Waals surface area (Å²) in [7, 11) is 0. The number of aliphatic hydroxyl groups excluding tert-OH is 1. The molecule has 0 spiro atoms. The van der Waals surface area contributed by atoms with Crippen molar-refractivity contribution in [3.05, 3.63) is 58.0 Å². The lowest BCUT2D eigenvalue weighted by Crippen LogP contribution is -2.29. The van der Waals surface area contributed by atoms with Crippen LogP contribution in [0.1, 0.15) is 48.9 Å². The van der Waals surface area contributed by atoms with Crippen LogP contribution in [0, 0.1) is 0 Å². The summed E-state index contributed by atoms with van der Waals surface area (Å²) in [6, 6.07) is 8.00. The predicted octanol–water partition coefficient (Wildman–Crippen LogP) is 5.32. The quantitative estimate of drug-likeness (QED) is 0.210. The Balaban J connectivity index is 0.000000574. The number of halogens is 3. The molecule has 34 heavy (non-hydrogen) atoms. The first kappa shape index (κ1) is 26.6. The molecule has 1 fully saturated rings. The molecule has 2 heterocycles. The molecule has 1 amide bonds. The van der Waals surface area contributed by atoms with Crippen molar-refractivity contribution in [2.45, 2.75) is 42.5 Å². The van der Waals surface area contributed by atoms with Crippen LogP contribution in [-0.4, -0.2) is 48.6 Å². The SMILES string of the molecule is CC1(Cl)CC1.CSc1cc(Cl)cc(C(=O)NC(C)c2nc(NCO)nn2-c2ccc(Cl)cn2)c1. The molecule has 1 aliphatic carbocycles. The number of hydrogen-bond donors (Lipinski definition) is 3. The highest BCUT2D eigenvalue weighted by Gasteiger charge is 2.34. The topological polar surface area (TPSA) is 105 Å². The minimum absolute atomic E-state index is 0.202. The number of alkyl halides is 1. The molecule has 3 N–H and O–H groups in total. The van der Waals surface area contributed by atoms with E-state index in [9.17, 15) is 4.79 Å². The van der Waals surface area contributed by atoms with Crippen molar-refractivity contribution in [3.63, 3.8) is 0 Å². The van der Waals surface area contributed by atoms with Crippen molar-refractivity contribution in [2.24, 2.45) is 0 Å². The van der Waals surface area contributed by atoms with Crippen LogP contribution in [0.5, 0.6) is 0 Å². The molecule has 1 saturated carbocycles. The molecule has 12 heteroatoms. The molecule has 0 radical (unpaired) electrons. The molecular weight excluding hydrogens is 519 g/mol. The van der Waals surface area contributed by atoms with Gasteiger partial charge in [0.1, 0.15) is 6.73 Å². The number of benzene rings is 1. The van der Waals surface area contributed by atoms with Crippen molar-refractivity contribution in [1.29, 1.82) is 0 Å². The summed E-state index contributed by atoms with van der Waals surface area (Å²) in [4.78, 5) is 22.5. The number of amides is 1. The van der Waals surface area contributed by atoms with Crippen LogP contribution >= 0.6 is 46.6 Å². The van der Waals surface area contributed by atoms with Gasteiger partial charge in [0.05, 0.1) is 11.1 Å². The van der Waals surface area contributed by atoms with Crippen LogP contribution < -0.4 is 10.6 Å². The van der Waals surface area contributed by atoms with Gasteiger partial charge < -0.3 is 15.7 Å². The molecule has 1 aromatic carbocycles. The Morgan fingerprint density at radius 3 is 2.53 bits per heavy atom. The molecule has 0 aliphatic heterocycles. The third kappa shape index (κ3) is 7.48. The molecule has 8 nitrogen and oxygen atoms in total. The van der Waals surface area contributed by atoms with E-state index in [0.717, 1.165) is 4.90 Å². The monoisotopic (exact) mass is 542 g/mol. The molecule has 0 bridgehead atoms. The zero-order chi connectivity index (χ0) is 24.9. The Hall–Kier alpha value is -2.04. The van der Waals surface area contributed by atoms with Crippen LogP contribution in [-0.2, 0) is 0 Å². The van der Waals surface area contributed by atoms with E-state index in [1.807, 2.05) is 6.26 Å².